The highest BCUT2D eigenvalue weighted by atomic mass is 35.5. The van der Waals surface area contributed by atoms with Crippen LogP contribution >= 0.6 is 11.6 Å². The molecule has 0 aliphatic carbocycles. The number of hydrogen-bond acceptors (Lipinski definition) is 2. The van der Waals surface area contributed by atoms with Gasteiger partial charge in [0.2, 0.25) is 11.8 Å². The molecule has 0 fully saturated rings. The number of hydrogen-bond donors (Lipinski definition) is 1. The minimum Gasteiger partial charge on any atom is -0.296 e. The van der Waals surface area contributed by atoms with E-state index in [2.05, 4.69) is 5.32 Å². The first-order valence-electron chi connectivity index (χ1n) is 3.28. The van der Waals surface area contributed by atoms with Crippen LogP contribution in [0.2, 0.25) is 0 Å². The second-order valence-corrected chi connectivity index (χ2v) is 3.30. The zero-order valence-corrected chi connectivity index (χ0v) is 7.66. The van der Waals surface area contributed by atoms with Gasteiger partial charge in [-0.15, -0.1) is 11.6 Å². The summed E-state index contributed by atoms with van der Waals surface area (Å²) in [7, 11) is 0. The zero-order valence-electron chi connectivity index (χ0n) is 6.90. The van der Waals surface area contributed by atoms with E-state index in [1.165, 1.54) is 6.92 Å². The number of nitrogens with one attached hydrogen (secondary N) is 1. The molecule has 0 saturated carbocycles. The Balaban J connectivity index is 4.13. The molecule has 0 atom stereocenters. The lowest BCUT2D eigenvalue weighted by Crippen LogP contribution is -2.40. The Morgan fingerprint density at radius 3 is 2.18 bits per heavy atom. The Labute approximate surface area is 71.1 Å². The molecule has 2 amide bonds. The van der Waals surface area contributed by atoms with Crippen LogP contribution in [-0.2, 0) is 9.59 Å². The summed E-state index contributed by atoms with van der Waals surface area (Å²) in [4.78, 5) is 21.5. The molecule has 64 valence electrons. The average Bonchev–Trinajstić information content (AvgIpc) is 1.86. The number of rotatable bonds is 2. The Hall–Kier alpha value is -0.570. The summed E-state index contributed by atoms with van der Waals surface area (Å²) >= 11 is 5.50. The maximum Gasteiger partial charge on any atom is 0.233 e. The molecule has 0 rings (SSSR count). The minimum atomic E-state index is -0.673. The number of alkyl halides is 1. The molecular weight excluding hydrogens is 166 g/mol. The summed E-state index contributed by atoms with van der Waals surface area (Å²) in [5.41, 5.74) is -0.673. The van der Waals surface area contributed by atoms with Crippen molar-refractivity contribution in [1.82, 2.24) is 5.32 Å². The van der Waals surface area contributed by atoms with Crippen LogP contribution in [0.3, 0.4) is 0 Å². The fraction of sp³-hybridized carbons (Fsp3) is 0.714. The van der Waals surface area contributed by atoms with Crippen molar-refractivity contribution >= 4 is 23.4 Å². The summed E-state index contributed by atoms with van der Waals surface area (Å²) < 4.78 is 0. The van der Waals surface area contributed by atoms with E-state index in [-0.39, 0.29) is 17.7 Å². The molecule has 0 aliphatic heterocycles. The third-order valence-corrected chi connectivity index (χ3v) is 1.91. The van der Waals surface area contributed by atoms with Gasteiger partial charge in [-0.2, -0.15) is 0 Å². The Morgan fingerprint density at radius 2 is 1.91 bits per heavy atom. The lowest BCUT2D eigenvalue weighted by atomic mass is 9.95. The van der Waals surface area contributed by atoms with Crippen molar-refractivity contribution in [2.45, 2.75) is 20.8 Å². The SMILES string of the molecule is CC(=O)NC(=O)C(C)(C)CCl. The van der Waals surface area contributed by atoms with Crippen molar-refractivity contribution in [3.05, 3.63) is 0 Å². The van der Waals surface area contributed by atoms with E-state index in [0.29, 0.717) is 0 Å². The van der Waals surface area contributed by atoms with Crippen LogP contribution in [0.15, 0.2) is 0 Å². The van der Waals surface area contributed by atoms with Gasteiger partial charge in [0.1, 0.15) is 0 Å². The van der Waals surface area contributed by atoms with Crippen LogP contribution in [0.5, 0.6) is 0 Å². The second kappa shape index (κ2) is 3.72. The molecule has 0 heterocycles. The highest BCUT2D eigenvalue weighted by molar-refractivity contribution is 6.20. The maximum atomic E-state index is 11.1. The first kappa shape index (κ1) is 10.4. The topological polar surface area (TPSA) is 46.2 Å². The number of imide groups is 1. The van der Waals surface area contributed by atoms with E-state index in [4.69, 9.17) is 11.6 Å². The average molecular weight is 178 g/mol. The summed E-state index contributed by atoms with van der Waals surface area (Å²) in [5.74, 6) is -0.486. The monoisotopic (exact) mass is 177 g/mol. The van der Waals surface area contributed by atoms with Gasteiger partial charge in [-0.25, -0.2) is 0 Å². The summed E-state index contributed by atoms with van der Waals surface area (Å²) in [5, 5.41) is 2.17. The summed E-state index contributed by atoms with van der Waals surface area (Å²) in [6.07, 6.45) is 0. The van der Waals surface area contributed by atoms with Crippen molar-refractivity contribution in [3.8, 4) is 0 Å². The van der Waals surface area contributed by atoms with Crippen LogP contribution in [0.25, 0.3) is 0 Å². The van der Waals surface area contributed by atoms with E-state index >= 15 is 0 Å². The molecule has 0 saturated heterocycles. The third-order valence-electron chi connectivity index (χ3n) is 1.24. The van der Waals surface area contributed by atoms with Crippen LogP contribution in [-0.4, -0.2) is 17.7 Å². The van der Waals surface area contributed by atoms with Crippen molar-refractivity contribution in [3.63, 3.8) is 0 Å². The molecule has 0 spiro atoms. The standard InChI is InChI=1S/C7H12ClNO2/c1-5(10)9-6(11)7(2,3)4-8/h4H2,1-3H3,(H,9,10,11). The van der Waals surface area contributed by atoms with Crippen molar-refractivity contribution in [2.75, 3.05) is 5.88 Å². The third kappa shape index (κ3) is 3.37. The largest absolute Gasteiger partial charge is 0.296 e. The zero-order chi connectivity index (χ0) is 9.07. The van der Waals surface area contributed by atoms with Gasteiger partial charge in [0.25, 0.3) is 0 Å². The molecule has 1 N–H and O–H groups in total. The first-order valence-corrected chi connectivity index (χ1v) is 3.81. The molecule has 3 nitrogen and oxygen atoms in total. The highest BCUT2D eigenvalue weighted by Crippen LogP contribution is 2.16. The van der Waals surface area contributed by atoms with E-state index in [0.717, 1.165) is 0 Å². The fourth-order valence-corrected chi connectivity index (χ4v) is 0.511. The molecule has 0 aromatic rings. The molecule has 0 aromatic carbocycles. The number of halogens is 1. The van der Waals surface area contributed by atoms with Gasteiger partial charge in [-0.05, 0) is 13.8 Å². The smallest absolute Gasteiger partial charge is 0.233 e. The Morgan fingerprint density at radius 1 is 1.45 bits per heavy atom. The summed E-state index contributed by atoms with van der Waals surface area (Å²) in [6.45, 7) is 4.65. The maximum absolute atomic E-state index is 11.1. The normalized spacial score (nSPS) is 10.9. The minimum absolute atomic E-state index is 0.201. The van der Waals surface area contributed by atoms with E-state index in [1.807, 2.05) is 0 Å². The molecule has 4 heteroatoms. The van der Waals surface area contributed by atoms with Crippen molar-refractivity contribution in [2.24, 2.45) is 5.41 Å². The highest BCUT2D eigenvalue weighted by Gasteiger charge is 2.26. The summed E-state index contributed by atoms with van der Waals surface area (Å²) in [6, 6.07) is 0. The van der Waals surface area contributed by atoms with Gasteiger partial charge in [-0.3, -0.25) is 14.9 Å². The van der Waals surface area contributed by atoms with Gasteiger partial charge in [0.05, 0.1) is 5.41 Å². The predicted octanol–water partition coefficient (Wildman–Crippen LogP) is 0.914. The van der Waals surface area contributed by atoms with Gasteiger partial charge < -0.3 is 0 Å². The van der Waals surface area contributed by atoms with E-state index < -0.39 is 5.41 Å². The number of amides is 2. The number of carbonyl (C=O) groups is 2. The number of carbonyl (C=O) groups excluding carboxylic acids is 2. The van der Waals surface area contributed by atoms with Crippen LogP contribution in [0.4, 0.5) is 0 Å². The lowest BCUT2D eigenvalue weighted by molar-refractivity contribution is -0.134. The van der Waals surface area contributed by atoms with Crippen LogP contribution in [0.1, 0.15) is 20.8 Å². The van der Waals surface area contributed by atoms with Gasteiger partial charge in [-0.1, -0.05) is 0 Å². The van der Waals surface area contributed by atoms with Gasteiger partial charge >= 0.3 is 0 Å². The first-order chi connectivity index (χ1) is 4.90. The molecule has 0 unspecified atom stereocenters. The second-order valence-electron chi connectivity index (χ2n) is 3.03. The van der Waals surface area contributed by atoms with Gasteiger partial charge in [0.15, 0.2) is 0 Å². The Bertz CT molecular complexity index is 177. The van der Waals surface area contributed by atoms with Crippen LogP contribution < -0.4 is 5.32 Å². The van der Waals surface area contributed by atoms with E-state index in [1.54, 1.807) is 13.8 Å². The van der Waals surface area contributed by atoms with Crippen molar-refractivity contribution < 1.29 is 9.59 Å². The molecule has 11 heavy (non-hydrogen) atoms. The van der Waals surface area contributed by atoms with Crippen molar-refractivity contribution in [1.29, 1.82) is 0 Å². The quantitative estimate of drug-likeness (QED) is 0.638. The predicted molar refractivity (Wildman–Crippen MR) is 43.3 cm³/mol. The Kier molecular flexibility index (Phi) is 3.52. The molecule has 0 bridgehead atoms. The van der Waals surface area contributed by atoms with Gasteiger partial charge in [0, 0.05) is 12.8 Å². The van der Waals surface area contributed by atoms with Crippen LogP contribution in [0, 0.1) is 5.41 Å². The fourth-order valence-electron chi connectivity index (χ4n) is 0.390. The lowest BCUT2D eigenvalue weighted by Gasteiger charge is -2.18. The molecular formula is C7H12ClNO2. The van der Waals surface area contributed by atoms with E-state index in [9.17, 15) is 9.59 Å². The molecule has 0 radical (unpaired) electrons. The molecule has 0 aliphatic rings. The molecule has 0 aromatic heterocycles.